The number of hydrogen-bond donors (Lipinski definition) is 0. The van der Waals surface area contributed by atoms with Gasteiger partial charge in [0.1, 0.15) is 0 Å². The van der Waals surface area contributed by atoms with Crippen LogP contribution in [0.5, 0.6) is 0 Å². The van der Waals surface area contributed by atoms with Crippen LogP contribution in [0.3, 0.4) is 0 Å². The molecule has 0 radical (unpaired) electrons. The molecule has 1 aromatic rings. The molecular weight excluding hydrogens is 403 g/mol. The van der Waals surface area contributed by atoms with Gasteiger partial charge in [-0.3, -0.25) is 0 Å². The van der Waals surface area contributed by atoms with Gasteiger partial charge in [0.25, 0.3) is 0 Å². The van der Waals surface area contributed by atoms with Gasteiger partial charge in [-0.05, 0) is 0 Å². The van der Waals surface area contributed by atoms with Crippen molar-refractivity contribution in [3.05, 3.63) is 49.7 Å². The van der Waals surface area contributed by atoms with Gasteiger partial charge in [-0.25, -0.2) is 0 Å². The van der Waals surface area contributed by atoms with E-state index in [1.807, 2.05) is 0 Å². The van der Waals surface area contributed by atoms with Gasteiger partial charge in [0.2, 0.25) is 0 Å². The summed E-state index contributed by atoms with van der Waals surface area (Å²) in [6.07, 6.45) is -4.24. The van der Waals surface area contributed by atoms with Crippen molar-refractivity contribution in [3.8, 4) is 0 Å². The molecule has 0 aliphatic heterocycles. The van der Waals surface area contributed by atoms with Crippen molar-refractivity contribution < 1.29 is 44.3 Å². The van der Waals surface area contributed by atoms with E-state index in [0.29, 0.717) is 5.56 Å². The maximum Gasteiger partial charge on any atom is 2.00 e. The summed E-state index contributed by atoms with van der Waals surface area (Å²) in [5.41, 5.74) is -0.0529. The minimum absolute atomic E-state index is 0. The first-order valence-electron chi connectivity index (χ1n) is 2.99. The van der Waals surface area contributed by atoms with E-state index in [1.165, 1.54) is 12.1 Å². The number of rotatable bonds is 0. The van der Waals surface area contributed by atoms with Gasteiger partial charge in [0.15, 0.2) is 0 Å². The predicted molar refractivity (Wildman–Crippen MR) is 42.3 cm³/mol. The van der Waals surface area contributed by atoms with Crippen LogP contribution in [0, 0.1) is 45.5 Å². The van der Waals surface area contributed by atoms with Crippen LogP contribution >= 0.6 is 0 Å². The molecule has 0 unspecified atom stereocenters. The molecule has 0 aromatic heterocycles. The van der Waals surface area contributed by atoms with E-state index >= 15 is 0 Å². The second-order valence-electron chi connectivity index (χ2n) is 2.19. The van der Waals surface area contributed by atoms with Crippen LogP contribution in [-0.2, 0) is 6.18 Å². The Hall–Kier alpha value is -0.0681. The normalized spacial score (nSPS) is 9.77. The number of benzene rings is 1. The summed E-state index contributed by atoms with van der Waals surface area (Å²) in [7, 11) is 0. The van der Waals surface area contributed by atoms with Crippen molar-refractivity contribution in [3.63, 3.8) is 0 Å². The standard InChI is InChI=1S/C8H6F3.CH3.U/c1-6-2-4-7(5-3-6)8(9,10)11;;/h2-5H,1H2;1H3;/q2*-1;+2. The van der Waals surface area contributed by atoms with Gasteiger partial charge in [-0.1, -0.05) is 0 Å². The summed E-state index contributed by atoms with van der Waals surface area (Å²) in [5, 5.41) is 0. The Morgan fingerprint density at radius 1 is 1.00 bits per heavy atom. The van der Waals surface area contributed by atoms with Crippen molar-refractivity contribution in [1.29, 1.82) is 0 Å². The summed E-state index contributed by atoms with van der Waals surface area (Å²) in [5.74, 6) is 0. The van der Waals surface area contributed by atoms with Gasteiger partial charge in [0, 0.05) is 5.56 Å². The zero-order chi connectivity index (χ0) is 8.48. The van der Waals surface area contributed by atoms with E-state index in [4.69, 9.17) is 0 Å². The second kappa shape index (κ2) is 5.62. The molecule has 0 bridgehead atoms. The maximum atomic E-state index is 11.9. The van der Waals surface area contributed by atoms with Crippen LogP contribution in [-0.4, -0.2) is 0 Å². The molecule has 0 saturated heterocycles. The zero-order valence-corrected chi connectivity index (χ0v) is 11.3. The molecule has 13 heavy (non-hydrogen) atoms. The van der Waals surface area contributed by atoms with Crippen molar-refractivity contribution >= 4 is 0 Å². The molecule has 1 aromatic carbocycles. The van der Waals surface area contributed by atoms with Gasteiger partial charge >= 0.3 is 37.3 Å². The van der Waals surface area contributed by atoms with E-state index in [0.717, 1.165) is 12.1 Å². The Morgan fingerprint density at radius 2 is 1.38 bits per heavy atom. The smallest absolute Gasteiger partial charge is 0.358 e. The summed E-state index contributed by atoms with van der Waals surface area (Å²) in [4.78, 5) is 0. The molecule has 0 atom stereocenters. The van der Waals surface area contributed by atoms with Gasteiger partial charge in [-0.2, -0.15) is 37.8 Å². The van der Waals surface area contributed by atoms with Crippen LogP contribution < -0.4 is 0 Å². The average molecular weight is 412 g/mol. The third kappa shape index (κ3) is 4.64. The van der Waals surface area contributed by atoms with Crippen molar-refractivity contribution in [2.45, 2.75) is 6.18 Å². The van der Waals surface area contributed by atoms with Gasteiger partial charge in [-0.15, -0.1) is 12.1 Å². The molecule has 0 nitrogen and oxygen atoms in total. The molecule has 0 fully saturated rings. The molecule has 0 saturated carbocycles. The first-order valence-corrected chi connectivity index (χ1v) is 2.99. The Balaban J connectivity index is 0. The fourth-order valence-electron chi connectivity index (χ4n) is 0.694. The second-order valence-corrected chi connectivity index (χ2v) is 2.19. The summed E-state index contributed by atoms with van der Waals surface area (Å²) in [6, 6.07) is 4.70. The average Bonchev–Trinajstić information content (AvgIpc) is 1.86. The number of hydrogen-bond acceptors (Lipinski definition) is 0. The maximum absolute atomic E-state index is 11.9. The zero-order valence-electron chi connectivity index (χ0n) is 7.15. The minimum Gasteiger partial charge on any atom is -0.358 e. The molecule has 0 amide bonds. The summed E-state index contributed by atoms with van der Waals surface area (Å²) in [6.45, 7) is 3.48. The Morgan fingerprint density at radius 3 is 1.69 bits per heavy atom. The Labute approximate surface area is 99.9 Å². The van der Waals surface area contributed by atoms with Crippen LogP contribution in [0.25, 0.3) is 0 Å². The molecule has 4 heteroatoms. The molecule has 70 valence electrons. The first kappa shape index (κ1) is 15.4. The summed E-state index contributed by atoms with van der Waals surface area (Å²) < 4.78 is 35.7. The fourth-order valence-corrected chi connectivity index (χ4v) is 0.694. The van der Waals surface area contributed by atoms with E-state index in [2.05, 4.69) is 6.92 Å². The molecule has 0 aliphatic rings. The molecule has 0 spiro atoms. The van der Waals surface area contributed by atoms with E-state index in [1.54, 1.807) is 0 Å². The van der Waals surface area contributed by atoms with Crippen LogP contribution in [0.15, 0.2) is 24.3 Å². The van der Waals surface area contributed by atoms with Crippen molar-refractivity contribution in [2.24, 2.45) is 0 Å². The topological polar surface area (TPSA) is 0 Å². The SMILES string of the molecule is [CH2-]c1ccc(C(F)(F)F)cc1.[CH3-].[U+2]. The quantitative estimate of drug-likeness (QED) is 0.574. The monoisotopic (exact) mass is 412 g/mol. The van der Waals surface area contributed by atoms with E-state index in [9.17, 15) is 13.2 Å². The number of alkyl halides is 3. The van der Waals surface area contributed by atoms with Gasteiger partial charge in [0.05, 0.1) is 0 Å². The Kier molecular flexibility index (Phi) is 6.66. The molecule has 0 N–H and O–H groups in total. The number of halogens is 3. The third-order valence-electron chi connectivity index (χ3n) is 1.28. The minimum atomic E-state index is -4.24. The van der Waals surface area contributed by atoms with E-state index < -0.39 is 11.7 Å². The summed E-state index contributed by atoms with van der Waals surface area (Å²) >= 11 is 0. The molecule has 0 aliphatic carbocycles. The fraction of sp³-hybridized carbons (Fsp3) is 0.111. The Bertz CT molecular complexity index is 238. The van der Waals surface area contributed by atoms with Crippen LogP contribution in [0.1, 0.15) is 11.1 Å². The molecule has 1 rings (SSSR count). The first-order chi connectivity index (χ1) is 5.00. The molecule has 0 heterocycles. The third-order valence-corrected chi connectivity index (χ3v) is 1.28. The molecular formula is C9H9F3U. The van der Waals surface area contributed by atoms with E-state index in [-0.39, 0.29) is 38.5 Å². The van der Waals surface area contributed by atoms with Crippen molar-refractivity contribution in [1.82, 2.24) is 0 Å². The van der Waals surface area contributed by atoms with Gasteiger partial charge < -0.3 is 7.43 Å². The van der Waals surface area contributed by atoms with Crippen LogP contribution in [0.2, 0.25) is 0 Å². The van der Waals surface area contributed by atoms with Crippen molar-refractivity contribution in [2.75, 3.05) is 0 Å². The largest absolute Gasteiger partial charge is 2.00 e. The predicted octanol–water partition coefficient (Wildman–Crippen LogP) is 3.34. The van der Waals surface area contributed by atoms with Crippen LogP contribution in [0.4, 0.5) is 13.2 Å².